The van der Waals surface area contributed by atoms with E-state index in [1.807, 2.05) is 79.5 Å². The first-order chi connectivity index (χ1) is 11.5. The molecule has 0 saturated carbocycles. The molecule has 0 radical (unpaired) electrons. The molecule has 0 aromatic heterocycles. The van der Waals surface area contributed by atoms with E-state index in [1.165, 1.54) is 0 Å². The van der Waals surface area contributed by atoms with Crippen molar-refractivity contribution in [2.75, 3.05) is 13.6 Å². The van der Waals surface area contributed by atoms with Crippen LogP contribution in [0.15, 0.2) is 66.2 Å². The summed E-state index contributed by atoms with van der Waals surface area (Å²) in [6.07, 6.45) is 0.989. The van der Waals surface area contributed by atoms with E-state index in [0.29, 0.717) is 0 Å². The molecule has 126 valence electrons. The van der Waals surface area contributed by atoms with Gasteiger partial charge in [-0.2, -0.15) is 0 Å². The highest BCUT2D eigenvalue weighted by atomic mass is 16.4. The van der Waals surface area contributed by atoms with Crippen LogP contribution >= 0.6 is 0 Å². The summed E-state index contributed by atoms with van der Waals surface area (Å²) in [6, 6.07) is 18.5. The minimum atomic E-state index is -0.952. The number of hydrogen-bond donors (Lipinski definition) is 2. The molecule has 0 saturated heterocycles. The van der Waals surface area contributed by atoms with E-state index in [4.69, 9.17) is 0 Å². The number of nitrogens with zero attached hydrogens (tertiary/aromatic N) is 1. The van der Waals surface area contributed by atoms with E-state index < -0.39 is 12.1 Å². The molecular formula is C20H23NO3. The SMILES string of the molecule is C[C@@H]([C@H](O)c1ccccc1)N(C)C/C(=C\c1ccccc1)C(=O)O. The summed E-state index contributed by atoms with van der Waals surface area (Å²) in [4.78, 5) is 13.4. The van der Waals surface area contributed by atoms with Crippen molar-refractivity contribution >= 4 is 12.0 Å². The summed E-state index contributed by atoms with van der Waals surface area (Å²) in [7, 11) is 1.82. The average molecular weight is 325 g/mol. The monoisotopic (exact) mass is 325 g/mol. The van der Waals surface area contributed by atoms with Gasteiger partial charge < -0.3 is 10.2 Å². The van der Waals surface area contributed by atoms with Crippen LogP contribution < -0.4 is 0 Å². The third-order valence-electron chi connectivity index (χ3n) is 4.13. The third-order valence-corrected chi connectivity index (χ3v) is 4.13. The minimum absolute atomic E-state index is 0.217. The third kappa shape index (κ3) is 4.78. The Labute approximate surface area is 142 Å². The number of carbonyl (C=O) groups is 1. The van der Waals surface area contributed by atoms with Gasteiger partial charge in [-0.1, -0.05) is 60.7 Å². The largest absolute Gasteiger partial charge is 0.478 e. The lowest BCUT2D eigenvalue weighted by molar-refractivity contribution is -0.132. The van der Waals surface area contributed by atoms with Crippen LogP contribution in [0.3, 0.4) is 0 Å². The molecule has 0 heterocycles. The maximum atomic E-state index is 11.5. The number of carboxylic acids is 1. The Bertz CT molecular complexity index is 683. The van der Waals surface area contributed by atoms with Gasteiger partial charge in [0.05, 0.1) is 11.7 Å². The van der Waals surface area contributed by atoms with E-state index in [1.54, 1.807) is 6.08 Å². The Hall–Kier alpha value is -2.43. The molecule has 0 fully saturated rings. The smallest absolute Gasteiger partial charge is 0.332 e. The Morgan fingerprint density at radius 2 is 1.62 bits per heavy atom. The van der Waals surface area contributed by atoms with Gasteiger partial charge in [0.2, 0.25) is 0 Å². The number of hydrogen-bond acceptors (Lipinski definition) is 3. The van der Waals surface area contributed by atoms with Crippen molar-refractivity contribution in [2.24, 2.45) is 0 Å². The zero-order chi connectivity index (χ0) is 17.5. The van der Waals surface area contributed by atoms with E-state index in [9.17, 15) is 15.0 Å². The van der Waals surface area contributed by atoms with Crippen molar-refractivity contribution in [3.05, 3.63) is 77.4 Å². The van der Waals surface area contributed by atoms with Crippen LogP contribution in [0.4, 0.5) is 0 Å². The molecule has 2 aromatic rings. The van der Waals surface area contributed by atoms with Crippen LogP contribution in [0, 0.1) is 0 Å². The molecule has 2 aromatic carbocycles. The Kier molecular flexibility index (Phi) is 6.29. The first kappa shape index (κ1) is 17.9. The molecule has 2 N–H and O–H groups in total. The number of benzene rings is 2. The molecule has 24 heavy (non-hydrogen) atoms. The summed E-state index contributed by atoms with van der Waals surface area (Å²) in [5.41, 5.74) is 1.95. The molecule has 0 bridgehead atoms. The molecule has 2 atom stereocenters. The van der Waals surface area contributed by atoms with Gasteiger partial charge in [0.25, 0.3) is 0 Å². The number of aliphatic hydroxyl groups excluding tert-OH is 1. The van der Waals surface area contributed by atoms with Gasteiger partial charge in [0, 0.05) is 12.6 Å². The maximum absolute atomic E-state index is 11.5. The lowest BCUT2D eigenvalue weighted by Gasteiger charge is -2.29. The van der Waals surface area contributed by atoms with Crippen LogP contribution in [0.25, 0.3) is 6.08 Å². The van der Waals surface area contributed by atoms with E-state index in [2.05, 4.69) is 0 Å². The Morgan fingerprint density at radius 3 is 2.17 bits per heavy atom. The quantitative estimate of drug-likeness (QED) is 0.768. The molecule has 0 spiro atoms. The normalized spacial score (nSPS) is 14.4. The number of carboxylic acid groups (broad SMARTS) is 1. The zero-order valence-corrected chi connectivity index (χ0v) is 14.0. The second kappa shape index (κ2) is 8.43. The standard InChI is InChI=1S/C20H23NO3/c1-15(19(22)17-11-7-4-8-12-17)21(2)14-18(20(23)24)13-16-9-5-3-6-10-16/h3-13,15,19,22H,14H2,1-2H3,(H,23,24)/b18-13+/t15-,19-/m0/s1. The highest BCUT2D eigenvalue weighted by Gasteiger charge is 2.22. The summed E-state index contributed by atoms with van der Waals surface area (Å²) in [5.74, 6) is -0.952. The van der Waals surface area contributed by atoms with Crippen LogP contribution in [-0.4, -0.2) is 40.7 Å². The Balaban J connectivity index is 2.11. The van der Waals surface area contributed by atoms with Crippen LogP contribution in [0.1, 0.15) is 24.2 Å². The van der Waals surface area contributed by atoms with E-state index in [-0.39, 0.29) is 18.2 Å². The molecule has 0 aliphatic rings. The summed E-state index contributed by atoms with van der Waals surface area (Å²) < 4.78 is 0. The van der Waals surface area contributed by atoms with Crippen molar-refractivity contribution in [2.45, 2.75) is 19.1 Å². The van der Waals surface area contributed by atoms with Crippen molar-refractivity contribution in [3.63, 3.8) is 0 Å². The first-order valence-corrected chi connectivity index (χ1v) is 7.91. The second-order valence-electron chi connectivity index (χ2n) is 5.90. The van der Waals surface area contributed by atoms with Crippen LogP contribution in [0.5, 0.6) is 0 Å². The van der Waals surface area contributed by atoms with Gasteiger partial charge in [-0.3, -0.25) is 4.90 Å². The molecule has 4 nitrogen and oxygen atoms in total. The van der Waals surface area contributed by atoms with Gasteiger partial charge in [-0.25, -0.2) is 4.79 Å². The topological polar surface area (TPSA) is 60.8 Å². The lowest BCUT2D eigenvalue weighted by Crippen LogP contribution is -2.36. The van der Waals surface area contributed by atoms with Crippen molar-refractivity contribution < 1.29 is 15.0 Å². The Morgan fingerprint density at radius 1 is 1.08 bits per heavy atom. The predicted molar refractivity (Wildman–Crippen MR) is 95.5 cm³/mol. The van der Waals surface area contributed by atoms with Crippen LogP contribution in [0.2, 0.25) is 0 Å². The highest BCUT2D eigenvalue weighted by molar-refractivity contribution is 5.92. The summed E-state index contributed by atoms with van der Waals surface area (Å²) in [6.45, 7) is 2.13. The zero-order valence-electron chi connectivity index (χ0n) is 14.0. The van der Waals surface area contributed by atoms with Gasteiger partial charge in [0.15, 0.2) is 0 Å². The molecular weight excluding hydrogens is 302 g/mol. The molecule has 0 aliphatic carbocycles. The first-order valence-electron chi connectivity index (χ1n) is 7.91. The molecule has 4 heteroatoms. The number of likely N-dealkylation sites (N-methyl/N-ethyl adjacent to an activating group) is 1. The van der Waals surface area contributed by atoms with Gasteiger partial charge >= 0.3 is 5.97 Å². The predicted octanol–water partition coefficient (Wildman–Crippen LogP) is 3.21. The molecule has 0 amide bonds. The minimum Gasteiger partial charge on any atom is -0.478 e. The van der Waals surface area contributed by atoms with Gasteiger partial charge in [0.1, 0.15) is 0 Å². The fourth-order valence-corrected chi connectivity index (χ4v) is 2.51. The summed E-state index contributed by atoms with van der Waals surface area (Å²) >= 11 is 0. The lowest BCUT2D eigenvalue weighted by atomic mass is 10.0. The van der Waals surface area contributed by atoms with Crippen molar-refractivity contribution in [1.82, 2.24) is 4.90 Å². The van der Waals surface area contributed by atoms with Crippen molar-refractivity contribution in [3.8, 4) is 0 Å². The van der Waals surface area contributed by atoms with E-state index in [0.717, 1.165) is 11.1 Å². The fraction of sp³-hybridized carbons (Fsp3) is 0.250. The highest BCUT2D eigenvalue weighted by Crippen LogP contribution is 2.21. The molecule has 0 aliphatic heterocycles. The van der Waals surface area contributed by atoms with E-state index >= 15 is 0 Å². The fourth-order valence-electron chi connectivity index (χ4n) is 2.51. The van der Waals surface area contributed by atoms with Gasteiger partial charge in [-0.05, 0) is 31.2 Å². The molecule has 0 unspecified atom stereocenters. The number of rotatable bonds is 7. The average Bonchev–Trinajstić information content (AvgIpc) is 2.61. The maximum Gasteiger partial charge on any atom is 0.332 e. The number of aliphatic hydroxyl groups is 1. The van der Waals surface area contributed by atoms with Crippen molar-refractivity contribution in [1.29, 1.82) is 0 Å². The molecule has 2 rings (SSSR count). The summed E-state index contributed by atoms with van der Waals surface area (Å²) in [5, 5.41) is 20.0. The number of aliphatic carboxylic acids is 1. The van der Waals surface area contributed by atoms with Crippen LogP contribution in [-0.2, 0) is 4.79 Å². The second-order valence-corrected chi connectivity index (χ2v) is 5.90. The van der Waals surface area contributed by atoms with Gasteiger partial charge in [-0.15, -0.1) is 0 Å².